The zero-order valence-corrected chi connectivity index (χ0v) is 11.8. The Balaban J connectivity index is 1.91. The number of nitrogens with zero attached hydrogens (tertiary/aromatic N) is 3. The molecule has 0 radical (unpaired) electrons. The fraction of sp³-hybridized carbons (Fsp3) is 0.0526. The van der Waals surface area contributed by atoms with E-state index in [0.717, 1.165) is 28.0 Å². The third kappa shape index (κ3) is 2.07. The molecular formula is C19H15N3. The van der Waals surface area contributed by atoms with Gasteiger partial charge in [-0.15, -0.1) is 0 Å². The summed E-state index contributed by atoms with van der Waals surface area (Å²) >= 11 is 0. The molecule has 0 spiro atoms. The lowest BCUT2D eigenvalue weighted by atomic mass is 10.0. The van der Waals surface area contributed by atoms with E-state index in [0.29, 0.717) is 5.56 Å². The monoisotopic (exact) mass is 288 g/mol. The molecule has 0 aliphatic heterocycles. The predicted octanol–water partition coefficient (Wildman–Crippen LogP) is 4.37. The Morgan fingerprint density at radius 2 is 1.95 bits per heavy atom. The molecule has 1 aromatic carbocycles. The van der Waals surface area contributed by atoms with E-state index in [2.05, 4.69) is 9.97 Å². The van der Waals surface area contributed by atoms with E-state index in [4.69, 9.17) is 4.11 Å². The van der Waals surface area contributed by atoms with E-state index in [1.54, 1.807) is 30.7 Å². The van der Waals surface area contributed by atoms with Crippen LogP contribution in [0.15, 0.2) is 73.3 Å². The minimum Gasteiger partial charge on any atom is -0.306 e. The Bertz CT molecular complexity index is 1050. The highest BCUT2D eigenvalue weighted by Crippen LogP contribution is 2.31. The average Bonchev–Trinajstić information content (AvgIpc) is 3.05. The maximum absolute atomic E-state index is 7.63. The van der Waals surface area contributed by atoms with Crippen LogP contribution in [0.2, 0.25) is 0 Å². The molecule has 0 N–H and O–H groups in total. The Labute approximate surface area is 133 Å². The molecule has 0 aliphatic carbocycles. The Morgan fingerprint density at radius 1 is 0.955 bits per heavy atom. The van der Waals surface area contributed by atoms with Gasteiger partial charge in [-0.1, -0.05) is 29.8 Å². The van der Waals surface area contributed by atoms with Crippen LogP contribution < -0.4 is 0 Å². The molecule has 22 heavy (non-hydrogen) atoms. The first-order valence-corrected chi connectivity index (χ1v) is 7.02. The van der Waals surface area contributed by atoms with Gasteiger partial charge in [0.2, 0.25) is 0 Å². The molecule has 3 aromatic heterocycles. The second-order valence-corrected chi connectivity index (χ2v) is 5.07. The largest absolute Gasteiger partial charge is 0.306 e. The van der Waals surface area contributed by atoms with Gasteiger partial charge in [0.15, 0.2) is 0 Å². The number of benzene rings is 1. The Morgan fingerprint density at radius 3 is 2.91 bits per heavy atom. The zero-order valence-electron chi connectivity index (χ0n) is 14.8. The van der Waals surface area contributed by atoms with Gasteiger partial charge in [0.25, 0.3) is 0 Å². The molecule has 3 heteroatoms. The maximum atomic E-state index is 7.63. The first-order chi connectivity index (χ1) is 12.0. The number of rotatable bonds is 2. The highest BCUT2D eigenvalue weighted by atomic mass is 15.0. The number of hydrogen-bond acceptors (Lipinski definition) is 2. The van der Waals surface area contributed by atoms with Crippen LogP contribution in [0, 0.1) is 6.85 Å². The second-order valence-electron chi connectivity index (χ2n) is 5.07. The van der Waals surface area contributed by atoms with Gasteiger partial charge < -0.3 is 4.40 Å². The van der Waals surface area contributed by atoms with Gasteiger partial charge in [-0.2, -0.15) is 0 Å². The van der Waals surface area contributed by atoms with Crippen molar-refractivity contribution >= 4 is 5.52 Å². The molecule has 0 saturated carbocycles. The normalized spacial score (nSPS) is 13.5. The van der Waals surface area contributed by atoms with Crippen LogP contribution in [0.4, 0.5) is 0 Å². The predicted molar refractivity (Wildman–Crippen MR) is 88.6 cm³/mol. The summed E-state index contributed by atoms with van der Waals surface area (Å²) in [4.78, 5) is 9.04. The third-order valence-electron chi connectivity index (χ3n) is 3.64. The maximum Gasteiger partial charge on any atom is 0.0999 e. The van der Waals surface area contributed by atoms with Gasteiger partial charge in [-0.3, -0.25) is 4.98 Å². The van der Waals surface area contributed by atoms with Crippen LogP contribution in [0.5, 0.6) is 0 Å². The molecule has 3 nitrogen and oxygen atoms in total. The summed E-state index contributed by atoms with van der Waals surface area (Å²) in [6.07, 6.45) is 5.41. The minimum atomic E-state index is -2.15. The summed E-state index contributed by atoms with van der Waals surface area (Å²) in [5.74, 6) is 0. The number of aryl methyl sites for hydroxylation is 1. The average molecular weight is 288 g/mol. The molecule has 0 amide bonds. The van der Waals surface area contributed by atoms with E-state index in [9.17, 15) is 0 Å². The summed E-state index contributed by atoms with van der Waals surface area (Å²) in [6.45, 7) is -2.15. The van der Waals surface area contributed by atoms with E-state index < -0.39 is 6.85 Å². The SMILES string of the molecule is [2H]C([2H])([2H])c1cccc(-c2ncccc2-c2ncn3ccccc23)c1. The van der Waals surface area contributed by atoms with E-state index in [-0.39, 0.29) is 0 Å². The van der Waals surface area contributed by atoms with Gasteiger partial charge in [0, 0.05) is 27.6 Å². The molecule has 4 rings (SSSR count). The van der Waals surface area contributed by atoms with Crippen molar-refractivity contribution < 1.29 is 4.11 Å². The standard InChI is InChI=1S/C19H15N3/c1-14-6-4-7-15(12-14)18-16(8-5-10-20-18)19-17-9-2-3-11-22(17)13-21-19/h2-13H,1H3/i1D3. The number of pyridine rings is 2. The molecule has 106 valence electrons. The fourth-order valence-electron chi connectivity index (χ4n) is 2.64. The number of aromatic nitrogens is 3. The summed E-state index contributed by atoms with van der Waals surface area (Å²) in [5, 5.41) is 0. The topological polar surface area (TPSA) is 30.2 Å². The molecule has 0 aliphatic rings. The summed E-state index contributed by atoms with van der Waals surface area (Å²) in [6, 6.07) is 16.6. The quantitative estimate of drug-likeness (QED) is 0.548. The van der Waals surface area contributed by atoms with Crippen molar-refractivity contribution in [3.05, 3.63) is 78.9 Å². The lowest BCUT2D eigenvalue weighted by molar-refractivity contribution is 1.15. The summed E-state index contributed by atoms with van der Waals surface area (Å²) in [5.41, 5.74) is 4.46. The van der Waals surface area contributed by atoms with E-state index >= 15 is 0 Å². The van der Waals surface area contributed by atoms with E-state index in [1.165, 1.54) is 0 Å². The van der Waals surface area contributed by atoms with Gasteiger partial charge >= 0.3 is 0 Å². The lowest BCUT2D eigenvalue weighted by Crippen LogP contribution is -1.90. The number of fused-ring (bicyclic) bond motifs is 1. The van der Waals surface area contributed by atoms with Crippen LogP contribution in [0.25, 0.3) is 28.0 Å². The van der Waals surface area contributed by atoms with Gasteiger partial charge in [0.05, 0.1) is 23.2 Å². The molecule has 0 atom stereocenters. The Kier molecular flexibility index (Phi) is 2.30. The van der Waals surface area contributed by atoms with Crippen molar-refractivity contribution in [2.75, 3.05) is 0 Å². The molecule has 4 aromatic rings. The molecular weight excluding hydrogens is 270 g/mol. The lowest BCUT2D eigenvalue weighted by Gasteiger charge is -2.08. The van der Waals surface area contributed by atoms with E-state index in [1.807, 2.05) is 47.0 Å². The summed E-state index contributed by atoms with van der Waals surface area (Å²) in [7, 11) is 0. The van der Waals surface area contributed by atoms with Crippen molar-refractivity contribution in [1.82, 2.24) is 14.4 Å². The molecule has 0 fully saturated rings. The minimum absolute atomic E-state index is 0.302. The first-order valence-electron chi connectivity index (χ1n) is 8.52. The van der Waals surface area contributed by atoms with Crippen LogP contribution in [0.1, 0.15) is 9.68 Å². The van der Waals surface area contributed by atoms with Crippen molar-refractivity contribution in [2.45, 2.75) is 6.85 Å². The van der Waals surface area contributed by atoms with Crippen LogP contribution in [-0.4, -0.2) is 14.4 Å². The number of imidazole rings is 1. The van der Waals surface area contributed by atoms with Gasteiger partial charge in [-0.25, -0.2) is 4.98 Å². The summed E-state index contributed by atoms with van der Waals surface area (Å²) < 4.78 is 24.8. The molecule has 0 unspecified atom stereocenters. The first kappa shape index (κ1) is 9.90. The smallest absolute Gasteiger partial charge is 0.0999 e. The highest BCUT2D eigenvalue weighted by molar-refractivity contribution is 5.86. The van der Waals surface area contributed by atoms with Crippen molar-refractivity contribution in [2.24, 2.45) is 0 Å². The van der Waals surface area contributed by atoms with Crippen LogP contribution >= 0.6 is 0 Å². The van der Waals surface area contributed by atoms with Crippen LogP contribution in [0.3, 0.4) is 0 Å². The fourth-order valence-corrected chi connectivity index (χ4v) is 2.64. The van der Waals surface area contributed by atoms with Gasteiger partial charge in [0.1, 0.15) is 0 Å². The highest BCUT2D eigenvalue weighted by Gasteiger charge is 2.13. The van der Waals surface area contributed by atoms with Crippen LogP contribution in [-0.2, 0) is 0 Å². The van der Waals surface area contributed by atoms with Crippen molar-refractivity contribution in [3.8, 4) is 22.5 Å². The van der Waals surface area contributed by atoms with Gasteiger partial charge in [-0.05, 0) is 37.2 Å². The second kappa shape index (κ2) is 5.11. The van der Waals surface area contributed by atoms with Crippen molar-refractivity contribution in [3.63, 3.8) is 0 Å². The zero-order chi connectivity index (χ0) is 17.4. The Hall–Kier alpha value is -2.94. The molecule has 3 heterocycles. The van der Waals surface area contributed by atoms with Crippen molar-refractivity contribution in [1.29, 1.82) is 0 Å². The molecule has 0 saturated heterocycles. The number of hydrogen-bond donors (Lipinski definition) is 0. The molecule has 0 bridgehead atoms. The third-order valence-corrected chi connectivity index (χ3v) is 3.64.